The van der Waals surface area contributed by atoms with Crippen molar-refractivity contribution in [1.29, 1.82) is 0 Å². The summed E-state index contributed by atoms with van der Waals surface area (Å²) in [7, 11) is 0. The van der Waals surface area contributed by atoms with Gasteiger partial charge >= 0.3 is 0 Å². The van der Waals surface area contributed by atoms with Gasteiger partial charge < -0.3 is 10.2 Å². The Hall–Kier alpha value is -1.96. The van der Waals surface area contributed by atoms with Gasteiger partial charge in [-0.05, 0) is 54.5 Å². The molecule has 2 N–H and O–H groups in total. The minimum Gasteiger partial charge on any atom is -0.508 e. The number of phenols is 2. The van der Waals surface area contributed by atoms with Gasteiger partial charge in [0, 0.05) is 0 Å². The van der Waals surface area contributed by atoms with Crippen molar-refractivity contribution in [2.45, 2.75) is 32.6 Å². The number of para-hydroxylation sites is 1. The molecule has 2 rings (SSSR count). The fourth-order valence-electron chi connectivity index (χ4n) is 2.44. The third kappa shape index (κ3) is 3.08. The topological polar surface area (TPSA) is 40.5 Å². The Morgan fingerprint density at radius 3 is 2.37 bits per heavy atom. The van der Waals surface area contributed by atoms with Gasteiger partial charge in [-0.1, -0.05) is 37.3 Å². The molecule has 1 unspecified atom stereocenters. The number of rotatable bonds is 4. The van der Waals surface area contributed by atoms with Gasteiger partial charge in [-0.25, -0.2) is 0 Å². The van der Waals surface area contributed by atoms with Crippen molar-refractivity contribution in [1.82, 2.24) is 0 Å². The van der Waals surface area contributed by atoms with Gasteiger partial charge in [0.15, 0.2) is 0 Å². The first-order valence-electron chi connectivity index (χ1n) is 6.68. The highest BCUT2D eigenvalue weighted by Gasteiger charge is 2.14. The first-order valence-corrected chi connectivity index (χ1v) is 6.68. The predicted molar refractivity (Wildman–Crippen MR) is 77.7 cm³/mol. The molecule has 2 heteroatoms. The Kier molecular flexibility index (Phi) is 4.10. The van der Waals surface area contributed by atoms with Crippen molar-refractivity contribution in [3.63, 3.8) is 0 Å². The van der Waals surface area contributed by atoms with Crippen LogP contribution in [-0.2, 0) is 6.42 Å². The van der Waals surface area contributed by atoms with E-state index < -0.39 is 0 Å². The van der Waals surface area contributed by atoms with Gasteiger partial charge in [-0.2, -0.15) is 0 Å². The lowest BCUT2D eigenvalue weighted by Crippen LogP contribution is -2.02. The maximum atomic E-state index is 9.95. The molecule has 0 amide bonds. The van der Waals surface area contributed by atoms with Gasteiger partial charge in [0.25, 0.3) is 0 Å². The van der Waals surface area contributed by atoms with Crippen LogP contribution in [0.2, 0.25) is 0 Å². The molecule has 2 aromatic carbocycles. The largest absolute Gasteiger partial charge is 0.508 e. The maximum Gasteiger partial charge on any atom is 0.119 e. The number of hydrogen-bond donors (Lipinski definition) is 2. The quantitative estimate of drug-likeness (QED) is 0.863. The second kappa shape index (κ2) is 5.79. The molecular formula is C17H20O2. The summed E-state index contributed by atoms with van der Waals surface area (Å²) in [6, 6.07) is 13.2. The molecule has 19 heavy (non-hydrogen) atoms. The van der Waals surface area contributed by atoms with Gasteiger partial charge in [0.1, 0.15) is 11.5 Å². The van der Waals surface area contributed by atoms with Crippen LogP contribution in [0.15, 0.2) is 42.5 Å². The molecule has 0 radical (unpaired) electrons. The molecular weight excluding hydrogens is 236 g/mol. The van der Waals surface area contributed by atoms with Crippen LogP contribution in [0.1, 0.15) is 36.0 Å². The normalized spacial score (nSPS) is 12.3. The third-order valence-corrected chi connectivity index (χ3v) is 3.61. The first kappa shape index (κ1) is 13.5. The zero-order valence-corrected chi connectivity index (χ0v) is 11.4. The third-order valence-electron chi connectivity index (χ3n) is 3.61. The van der Waals surface area contributed by atoms with E-state index in [0.717, 1.165) is 24.0 Å². The zero-order valence-electron chi connectivity index (χ0n) is 11.4. The summed E-state index contributed by atoms with van der Waals surface area (Å²) in [6.45, 7) is 4.03. The van der Waals surface area contributed by atoms with Gasteiger partial charge in [0.2, 0.25) is 0 Å². The molecule has 0 spiro atoms. The lowest BCUT2D eigenvalue weighted by atomic mass is 9.89. The molecule has 0 bridgehead atoms. The highest BCUT2D eigenvalue weighted by molar-refractivity contribution is 5.38. The molecule has 100 valence electrons. The monoisotopic (exact) mass is 256 g/mol. The predicted octanol–water partition coefficient (Wildman–Crippen LogP) is 4.14. The standard InChI is InChI=1S/C17H20O2/c1-3-14(15-6-4-5-7-17(15)19)11-13-8-9-16(18)12(2)10-13/h4-10,14,18-19H,3,11H2,1-2H3. The maximum absolute atomic E-state index is 9.95. The summed E-state index contributed by atoms with van der Waals surface area (Å²) in [5, 5.41) is 19.5. The lowest BCUT2D eigenvalue weighted by molar-refractivity contribution is 0.458. The van der Waals surface area contributed by atoms with Crippen LogP contribution < -0.4 is 0 Å². The van der Waals surface area contributed by atoms with E-state index in [1.165, 1.54) is 5.56 Å². The second-order valence-corrected chi connectivity index (χ2v) is 4.99. The average molecular weight is 256 g/mol. The van der Waals surface area contributed by atoms with Crippen LogP contribution in [-0.4, -0.2) is 10.2 Å². The van der Waals surface area contributed by atoms with E-state index >= 15 is 0 Å². The van der Waals surface area contributed by atoms with Crippen LogP contribution in [0.3, 0.4) is 0 Å². The fraction of sp³-hybridized carbons (Fsp3) is 0.294. The Morgan fingerprint density at radius 1 is 1.00 bits per heavy atom. The Balaban J connectivity index is 2.24. The fourth-order valence-corrected chi connectivity index (χ4v) is 2.44. The molecule has 0 aliphatic rings. The van der Waals surface area contributed by atoms with Crippen molar-refractivity contribution >= 4 is 0 Å². The van der Waals surface area contributed by atoms with Crippen LogP contribution in [0, 0.1) is 6.92 Å². The summed E-state index contributed by atoms with van der Waals surface area (Å²) in [6.07, 6.45) is 1.84. The van der Waals surface area contributed by atoms with Crippen molar-refractivity contribution in [3.05, 3.63) is 59.2 Å². The van der Waals surface area contributed by atoms with Gasteiger partial charge in [-0.3, -0.25) is 0 Å². The number of aromatic hydroxyl groups is 2. The van der Waals surface area contributed by atoms with Gasteiger partial charge in [0.05, 0.1) is 0 Å². The van der Waals surface area contributed by atoms with E-state index in [2.05, 4.69) is 6.92 Å². The second-order valence-electron chi connectivity index (χ2n) is 4.99. The summed E-state index contributed by atoms with van der Waals surface area (Å²) in [5.41, 5.74) is 3.07. The molecule has 0 aliphatic heterocycles. The van der Waals surface area contributed by atoms with Crippen molar-refractivity contribution in [2.75, 3.05) is 0 Å². The Bertz CT molecular complexity index is 561. The van der Waals surface area contributed by atoms with Gasteiger partial charge in [-0.15, -0.1) is 0 Å². The summed E-state index contributed by atoms with van der Waals surface area (Å²) in [4.78, 5) is 0. The lowest BCUT2D eigenvalue weighted by Gasteiger charge is -2.17. The van der Waals surface area contributed by atoms with Crippen LogP contribution >= 0.6 is 0 Å². The zero-order chi connectivity index (χ0) is 13.8. The highest BCUT2D eigenvalue weighted by atomic mass is 16.3. The smallest absolute Gasteiger partial charge is 0.119 e. The van der Waals surface area contributed by atoms with E-state index in [-0.39, 0.29) is 0 Å². The Labute approximate surface area is 114 Å². The number of aryl methyl sites for hydroxylation is 1. The molecule has 2 aromatic rings. The summed E-state index contributed by atoms with van der Waals surface area (Å²) < 4.78 is 0. The van der Waals surface area contributed by atoms with Crippen LogP contribution in [0.25, 0.3) is 0 Å². The SMILES string of the molecule is CCC(Cc1ccc(O)c(C)c1)c1ccccc1O. The molecule has 0 saturated carbocycles. The van der Waals surface area contributed by atoms with Crippen LogP contribution in [0.5, 0.6) is 11.5 Å². The van der Waals surface area contributed by atoms with Crippen molar-refractivity contribution in [2.24, 2.45) is 0 Å². The molecule has 0 aliphatic carbocycles. The van der Waals surface area contributed by atoms with E-state index in [4.69, 9.17) is 0 Å². The highest BCUT2D eigenvalue weighted by Crippen LogP contribution is 2.31. The number of phenolic OH excluding ortho intramolecular Hbond substituents is 2. The number of hydrogen-bond acceptors (Lipinski definition) is 2. The minimum absolute atomic E-state index is 0.296. The van der Waals surface area contributed by atoms with E-state index in [0.29, 0.717) is 17.4 Å². The molecule has 2 nitrogen and oxygen atoms in total. The summed E-state index contributed by atoms with van der Waals surface area (Å²) in [5.74, 6) is 0.995. The van der Waals surface area contributed by atoms with E-state index in [9.17, 15) is 10.2 Å². The van der Waals surface area contributed by atoms with E-state index in [1.54, 1.807) is 12.1 Å². The summed E-state index contributed by atoms with van der Waals surface area (Å²) >= 11 is 0. The average Bonchev–Trinajstić information content (AvgIpc) is 2.41. The number of benzene rings is 2. The molecule has 0 aromatic heterocycles. The van der Waals surface area contributed by atoms with Crippen molar-refractivity contribution < 1.29 is 10.2 Å². The van der Waals surface area contributed by atoms with E-state index in [1.807, 2.05) is 37.3 Å². The minimum atomic E-state index is 0.296. The first-order chi connectivity index (χ1) is 9.11. The molecule has 1 atom stereocenters. The molecule has 0 saturated heterocycles. The van der Waals surface area contributed by atoms with Crippen LogP contribution in [0.4, 0.5) is 0 Å². The molecule has 0 fully saturated rings. The van der Waals surface area contributed by atoms with Crippen molar-refractivity contribution in [3.8, 4) is 11.5 Å². The Morgan fingerprint density at radius 2 is 1.74 bits per heavy atom. The molecule has 0 heterocycles.